The van der Waals surface area contributed by atoms with Crippen LogP contribution >= 0.6 is 0 Å². The van der Waals surface area contributed by atoms with Crippen molar-refractivity contribution in [2.45, 2.75) is 5.41 Å². The molecule has 0 amide bonds. The summed E-state index contributed by atoms with van der Waals surface area (Å²) in [6.45, 7) is 0. The molecule has 0 bridgehead atoms. The molecule has 0 unspecified atom stereocenters. The molecule has 12 aromatic rings. The molecule has 2 heterocycles. The highest BCUT2D eigenvalue weighted by Gasteiger charge is 2.53. The van der Waals surface area contributed by atoms with Crippen LogP contribution in [0.3, 0.4) is 0 Å². The molecule has 2 aromatic heterocycles. The first-order valence-corrected chi connectivity index (χ1v) is 22.7. The van der Waals surface area contributed by atoms with Gasteiger partial charge in [-0.25, -0.2) is 9.97 Å². The zero-order chi connectivity index (χ0) is 43.3. The molecule has 3 nitrogen and oxygen atoms in total. The second-order valence-electron chi connectivity index (χ2n) is 17.6. The van der Waals surface area contributed by atoms with Crippen molar-refractivity contribution < 1.29 is 0 Å². The zero-order valence-corrected chi connectivity index (χ0v) is 35.9. The molecular weight excluding hydrogens is 799 g/mol. The minimum absolute atomic E-state index is 0.467. The van der Waals surface area contributed by atoms with Gasteiger partial charge in [0.25, 0.3) is 0 Å². The number of para-hydroxylation sites is 2. The molecule has 0 N–H and O–H groups in total. The smallest absolute Gasteiger partial charge is 0.160 e. The van der Waals surface area contributed by atoms with Crippen molar-refractivity contribution in [2.75, 3.05) is 0 Å². The van der Waals surface area contributed by atoms with Gasteiger partial charge in [-0.2, -0.15) is 0 Å². The maximum Gasteiger partial charge on any atom is 0.160 e. The molecule has 3 heteroatoms. The highest BCUT2D eigenvalue weighted by atomic mass is 15.0. The van der Waals surface area contributed by atoms with E-state index in [1.54, 1.807) is 0 Å². The first-order valence-electron chi connectivity index (χ1n) is 22.7. The van der Waals surface area contributed by atoms with Crippen molar-refractivity contribution >= 4 is 32.6 Å². The molecule has 10 aromatic carbocycles. The van der Waals surface area contributed by atoms with Crippen LogP contribution in [0.1, 0.15) is 22.3 Å². The van der Waals surface area contributed by atoms with E-state index < -0.39 is 5.41 Å². The summed E-state index contributed by atoms with van der Waals surface area (Å²) in [6.07, 6.45) is 0. The Morgan fingerprint density at radius 2 is 0.833 bits per heavy atom. The zero-order valence-electron chi connectivity index (χ0n) is 35.9. The van der Waals surface area contributed by atoms with Crippen LogP contribution in [-0.4, -0.2) is 14.5 Å². The predicted octanol–water partition coefficient (Wildman–Crippen LogP) is 15.7. The van der Waals surface area contributed by atoms with E-state index in [-0.39, 0.29) is 0 Å². The summed E-state index contributed by atoms with van der Waals surface area (Å²) in [5.74, 6) is 0.688. The molecule has 0 radical (unpaired) electrons. The lowest BCUT2D eigenvalue weighted by Gasteiger charge is -2.31. The fourth-order valence-corrected chi connectivity index (χ4v) is 11.5. The molecule has 0 fully saturated rings. The molecule has 0 aliphatic heterocycles. The van der Waals surface area contributed by atoms with E-state index in [9.17, 15) is 0 Å². The number of fused-ring (bicyclic) bond motifs is 15. The number of benzene rings is 10. The lowest BCUT2D eigenvalue weighted by Crippen LogP contribution is -2.26. The lowest BCUT2D eigenvalue weighted by molar-refractivity contribution is 0.801. The fraction of sp³-hybridized carbons (Fsp3) is 0.0159. The number of nitrogens with zero attached hydrogens (tertiary/aromatic N) is 3. The minimum atomic E-state index is -0.467. The van der Waals surface area contributed by atoms with Gasteiger partial charge in [-0.05, 0) is 109 Å². The van der Waals surface area contributed by atoms with Gasteiger partial charge in [0.05, 0.1) is 27.8 Å². The normalized spacial score (nSPS) is 13.0. The van der Waals surface area contributed by atoms with E-state index in [0.29, 0.717) is 5.82 Å². The van der Waals surface area contributed by atoms with Gasteiger partial charge in [0.1, 0.15) is 0 Å². The Balaban J connectivity index is 0.953. The van der Waals surface area contributed by atoms with Crippen molar-refractivity contribution in [3.05, 3.63) is 259 Å². The van der Waals surface area contributed by atoms with Crippen LogP contribution in [0.5, 0.6) is 0 Å². The van der Waals surface area contributed by atoms with Crippen LogP contribution in [0.2, 0.25) is 0 Å². The minimum Gasteiger partial charge on any atom is -0.309 e. The van der Waals surface area contributed by atoms with Gasteiger partial charge in [0.2, 0.25) is 0 Å². The third-order valence-electron chi connectivity index (χ3n) is 14.2. The van der Waals surface area contributed by atoms with Crippen molar-refractivity contribution in [3.63, 3.8) is 0 Å². The van der Waals surface area contributed by atoms with Crippen LogP contribution in [0.25, 0.3) is 106 Å². The Hall–Kier alpha value is -8.66. The van der Waals surface area contributed by atoms with Crippen molar-refractivity contribution in [1.29, 1.82) is 0 Å². The number of rotatable bonds is 5. The second kappa shape index (κ2) is 14.2. The summed E-state index contributed by atoms with van der Waals surface area (Å²) in [4.78, 5) is 10.7. The monoisotopic (exact) mass is 837 g/mol. The molecule has 0 saturated carbocycles. The molecular formula is C63H39N3. The van der Waals surface area contributed by atoms with E-state index in [0.717, 1.165) is 39.3 Å². The first-order chi connectivity index (χ1) is 32.7. The summed E-state index contributed by atoms with van der Waals surface area (Å²) in [5.41, 5.74) is 20.7. The molecule has 66 heavy (non-hydrogen) atoms. The van der Waals surface area contributed by atoms with Crippen LogP contribution in [0.4, 0.5) is 0 Å². The average molecular weight is 838 g/mol. The van der Waals surface area contributed by atoms with Gasteiger partial charge in [-0.15, -0.1) is 0 Å². The van der Waals surface area contributed by atoms with Crippen molar-refractivity contribution in [2.24, 2.45) is 0 Å². The van der Waals surface area contributed by atoms with E-state index in [2.05, 4.69) is 241 Å². The third kappa shape index (κ3) is 5.20. The Bertz CT molecular complexity index is 3840. The molecule has 306 valence electrons. The van der Waals surface area contributed by atoms with Gasteiger partial charge in [-0.1, -0.05) is 194 Å². The van der Waals surface area contributed by atoms with Gasteiger partial charge in [0, 0.05) is 33.2 Å². The Kier molecular flexibility index (Phi) is 7.90. The van der Waals surface area contributed by atoms with Gasteiger partial charge in [-0.3, -0.25) is 0 Å². The number of hydrogen-bond acceptors (Lipinski definition) is 2. The maximum absolute atomic E-state index is 5.37. The second-order valence-corrected chi connectivity index (χ2v) is 17.6. The Labute approximate surface area is 382 Å². The van der Waals surface area contributed by atoms with Crippen molar-refractivity contribution in [1.82, 2.24) is 14.5 Å². The topological polar surface area (TPSA) is 30.7 Å². The summed E-state index contributed by atoms with van der Waals surface area (Å²) in [5, 5.41) is 5.00. The van der Waals surface area contributed by atoms with Crippen LogP contribution in [-0.2, 0) is 5.41 Å². The number of aromatic nitrogens is 3. The van der Waals surface area contributed by atoms with E-state index in [1.165, 1.54) is 82.6 Å². The summed E-state index contributed by atoms with van der Waals surface area (Å²) in [6, 6.07) is 86.1. The highest BCUT2D eigenvalue weighted by molar-refractivity contribution is 6.10. The molecule has 2 aliphatic carbocycles. The van der Waals surface area contributed by atoms with Crippen LogP contribution < -0.4 is 0 Å². The SMILES string of the molecule is c1ccc(-c2cc(-c3ccc(-n4c5ccccc5c5ccccc54)cc3)nc(-c3cccc(-c4cc5ccccc5c5c4-c4ccccc4C54c5ccccc5-c5ccccc54)c3)n2)cc1. The quantitative estimate of drug-likeness (QED) is 0.173. The van der Waals surface area contributed by atoms with Gasteiger partial charge < -0.3 is 4.57 Å². The summed E-state index contributed by atoms with van der Waals surface area (Å²) >= 11 is 0. The molecule has 14 rings (SSSR count). The largest absolute Gasteiger partial charge is 0.309 e. The third-order valence-corrected chi connectivity index (χ3v) is 14.2. The summed E-state index contributed by atoms with van der Waals surface area (Å²) < 4.78 is 2.36. The van der Waals surface area contributed by atoms with E-state index in [1.807, 2.05) is 0 Å². The maximum atomic E-state index is 5.37. The molecule has 2 aliphatic rings. The summed E-state index contributed by atoms with van der Waals surface area (Å²) in [7, 11) is 0. The Morgan fingerprint density at radius 1 is 0.333 bits per heavy atom. The Morgan fingerprint density at radius 3 is 1.50 bits per heavy atom. The average Bonchev–Trinajstić information content (AvgIpc) is 4.01. The molecule has 0 saturated heterocycles. The first kappa shape index (κ1) is 36.8. The molecule has 1 spiro atoms. The van der Waals surface area contributed by atoms with Gasteiger partial charge in [0.15, 0.2) is 5.82 Å². The predicted molar refractivity (Wildman–Crippen MR) is 272 cm³/mol. The number of hydrogen-bond donors (Lipinski definition) is 0. The highest BCUT2D eigenvalue weighted by Crippen LogP contribution is 2.65. The standard InChI is InChI=1S/C63H39N3/c1-2-17-40(18-3-1)56-39-57(41-33-35-45(36-34-41)66-58-31-14-9-25-49(58)50-26-10-15-32-59(50)66)65-62(64-56)44-21-16-20-42(37-44)52-38-43-19-4-5-22-46(43)61-60(52)51-27-8-13-30-55(51)63(61)53-28-11-6-23-47(53)48-24-7-12-29-54(48)63/h1-39H. The van der Waals surface area contributed by atoms with Crippen LogP contribution in [0.15, 0.2) is 237 Å². The van der Waals surface area contributed by atoms with E-state index >= 15 is 0 Å². The van der Waals surface area contributed by atoms with Crippen molar-refractivity contribution in [3.8, 4) is 73.0 Å². The fourth-order valence-electron chi connectivity index (χ4n) is 11.5. The van der Waals surface area contributed by atoms with E-state index in [4.69, 9.17) is 9.97 Å². The van der Waals surface area contributed by atoms with Gasteiger partial charge >= 0.3 is 0 Å². The lowest BCUT2D eigenvalue weighted by atomic mass is 9.69. The molecule has 0 atom stereocenters. The van der Waals surface area contributed by atoms with Crippen LogP contribution in [0, 0.1) is 0 Å².